The van der Waals surface area contributed by atoms with E-state index in [0.29, 0.717) is 31.2 Å². The van der Waals surface area contributed by atoms with E-state index in [1.807, 2.05) is 13.8 Å². The Bertz CT molecular complexity index is 335. The molecule has 0 saturated heterocycles. The zero-order valence-electron chi connectivity index (χ0n) is 9.91. The van der Waals surface area contributed by atoms with Gasteiger partial charge in [0, 0.05) is 19.0 Å². The van der Waals surface area contributed by atoms with Crippen molar-refractivity contribution in [2.45, 2.75) is 39.8 Å². The largest absolute Gasteiger partial charge is 0.354 e. The molecule has 0 aromatic carbocycles. The molecule has 0 spiro atoms. The molecular formula is C10H18N4O2. The summed E-state index contributed by atoms with van der Waals surface area (Å²) < 4.78 is 4.91. The van der Waals surface area contributed by atoms with Gasteiger partial charge in [-0.2, -0.15) is 4.98 Å². The van der Waals surface area contributed by atoms with Gasteiger partial charge in [-0.3, -0.25) is 4.79 Å². The first-order valence-corrected chi connectivity index (χ1v) is 5.37. The van der Waals surface area contributed by atoms with Gasteiger partial charge in [-0.15, -0.1) is 0 Å². The molecule has 1 aromatic heterocycles. The third-order valence-electron chi connectivity index (χ3n) is 1.82. The highest BCUT2D eigenvalue weighted by Crippen LogP contribution is 1.94. The molecule has 0 aliphatic carbocycles. The van der Waals surface area contributed by atoms with Crippen molar-refractivity contribution in [1.82, 2.24) is 20.8 Å². The van der Waals surface area contributed by atoms with E-state index < -0.39 is 0 Å². The molecule has 1 rings (SSSR count). The summed E-state index contributed by atoms with van der Waals surface area (Å²) in [6, 6.07) is 0.186. The highest BCUT2D eigenvalue weighted by Gasteiger charge is 2.04. The maximum Gasteiger partial charge on any atom is 0.240 e. The minimum atomic E-state index is 0.0456. The zero-order chi connectivity index (χ0) is 12.0. The first-order chi connectivity index (χ1) is 7.58. The van der Waals surface area contributed by atoms with Crippen molar-refractivity contribution in [1.29, 1.82) is 0 Å². The van der Waals surface area contributed by atoms with Crippen LogP contribution in [0, 0.1) is 6.92 Å². The third kappa shape index (κ3) is 4.88. The molecule has 6 heteroatoms. The number of aromatic nitrogens is 2. The average molecular weight is 226 g/mol. The number of aryl methyl sites for hydroxylation is 1. The summed E-state index contributed by atoms with van der Waals surface area (Å²) in [7, 11) is 0. The standard InChI is InChI=1S/C10H18N4O2/c1-7(2)12-9(15)4-5-11-6-10-13-8(3)14-16-10/h7,11H,4-6H2,1-3H3,(H,12,15). The lowest BCUT2D eigenvalue weighted by Gasteiger charge is -2.07. The fourth-order valence-electron chi connectivity index (χ4n) is 1.20. The predicted octanol–water partition coefficient (Wildman–Crippen LogP) is 0.382. The number of rotatable bonds is 6. The second-order valence-electron chi connectivity index (χ2n) is 3.88. The fraction of sp³-hybridized carbons (Fsp3) is 0.700. The van der Waals surface area contributed by atoms with Crippen LogP contribution >= 0.6 is 0 Å². The lowest BCUT2D eigenvalue weighted by atomic mass is 10.3. The van der Waals surface area contributed by atoms with Crippen LogP contribution < -0.4 is 10.6 Å². The molecule has 6 nitrogen and oxygen atoms in total. The zero-order valence-corrected chi connectivity index (χ0v) is 9.91. The summed E-state index contributed by atoms with van der Waals surface area (Å²) in [4.78, 5) is 15.3. The molecule has 2 N–H and O–H groups in total. The molecule has 0 aliphatic rings. The van der Waals surface area contributed by atoms with E-state index in [9.17, 15) is 4.79 Å². The van der Waals surface area contributed by atoms with Gasteiger partial charge < -0.3 is 15.2 Å². The average Bonchev–Trinajstić information content (AvgIpc) is 2.58. The van der Waals surface area contributed by atoms with Crippen molar-refractivity contribution in [2.75, 3.05) is 6.54 Å². The molecule has 0 unspecified atom stereocenters. The number of nitrogens with one attached hydrogen (secondary N) is 2. The van der Waals surface area contributed by atoms with Gasteiger partial charge in [0.1, 0.15) is 0 Å². The molecule has 0 atom stereocenters. The third-order valence-corrected chi connectivity index (χ3v) is 1.82. The van der Waals surface area contributed by atoms with Crippen LogP contribution in [0.25, 0.3) is 0 Å². The van der Waals surface area contributed by atoms with Crippen LogP contribution in [-0.2, 0) is 11.3 Å². The summed E-state index contributed by atoms with van der Waals surface area (Å²) in [5.41, 5.74) is 0. The van der Waals surface area contributed by atoms with Gasteiger partial charge in [-0.25, -0.2) is 0 Å². The number of amides is 1. The monoisotopic (exact) mass is 226 g/mol. The Labute approximate surface area is 94.8 Å². The number of carbonyl (C=O) groups is 1. The van der Waals surface area contributed by atoms with E-state index in [0.717, 1.165) is 0 Å². The highest BCUT2D eigenvalue weighted by atomic mass is 16.5. The smallest absolute Gasteiger partial charge is 0.240 e. The quantitative estimate of drug-likeness (QED) is 0.685. The topological polar surface area (TPSA) is 80.0 Å². The van der Waals surface area contributed by atoms with Crippen LogP contribution in [0.4, 0.5) is 0 Å². The number of hydrogen-bond donors (Lipinski definition) is 2. The maximum absolute atomic E-state index is 11.3. The van der Waals surface area contributed by atoms with E-state index >= 15 is 0 Å². The van der Waals surface area contributed by atoms with Gasteiger partial charge in [0.15, 0.2) is 5.82 Å². The Morgan fingerprint density at radius 3 is 2.81 bits per heavy atom. The van der Waals surface area contributed by atoms with Crippen LogP contribution in [0.2, 0.25) is 0 Å². The minimum Gasteiger partial charge on any atom is -0.354 e. The van der Waals surface area contributed by atoms with E-state index in [1.54, 1.807) is 6.92 Å². The molecule has 0 saturated carbocycles. The SMILES string of the molecule is Cc1noc(CNCCC(=O)NC(C)C)n1. The Kier molecular flexibility index (Phi) is 4.91. The van der Waals surface area contributed by atoms with Crippen molar-refractivity contribution < 1.29 is 9.32 Å². The van der Waals surface area contributed by atoms with Gasteiger partial charge in [-0.1, -0.05) is 5.16 Å². The van der Waals surface area contributed by atoms with Crippen molar-refractivity contribution in [3.05, 3.63) is 11.7 Å². The van der Waals surface area contributed by atoms with Crippen LogP contribution in [0.15, 0.2) is 4.52 Å². The van der Waals surface area contributed by atoms with Gasteiger partial charge in [0.25, 0.3) is 0 Å². The number of hydrogen-bond acceptors (Lipinski definition) is 5. The van der Waals surface area contributed by atoms with Gasteiger partial charge in [-0.05, 0) is 20.8 Å². The summed E-state index contributed by atoms with van der Waals surface area (Å²) in [6.07, 6.45) is 0.450. The summed E-state index contributed by atoms with van der Waals surface area (Å²) >= 11 is 0. The summed E-state index contributed by atoms with van der Waals surface area (Å²) in [6.45, 7) is 6.73. The molecule has 0 bridgehead atoms. The van der Waals surface area contributed by atoms with Crippen LogP contribution in [-0.4, -0.2) is 28.6 Å². The minimum absolute atomic E-state index is 0.0456. The highest BCUT2D eigenvalue weighted by molar-refractivity contribution is 5.76. The van der Waals surface area contributed by atoms with E-state index in [-0.39, 0.29) is 11.9 Å². The Hall–Kier alpha value is -1.43. The van der Waals surface area contributed by atoms with Crippen LogP contribution in [0.3, 0.4) is 0 Å². The van der Waals surface area contributed by atoms with E-state index in [1.165, 1.54) is 0 Å². The van der Waals surface area contributed by atoms with Gasteiger partial charge in [0.2, 0.25) is 11.8 Å². The molecule has 16 heavy (non-hydrogen) atoms. The van der Waals surface area contributed by atoms with Crippen LogP contribution in [0.1, 0.15) is 32.0 Å². The number of nitrogens with zero attached hydrogens (tertiary/aromatic N) is 2. The molecule has 90 valence electrons. The van der Waals surface area contributed by atoms with Crippen molar-refractivity contribution in [2.24, 2.45) is 0 Å². The Morgan fingerprint density at radius 2 is 2.25 bits per heavy atom. The Morgan fingerprint density at radius 1 is 1.50 bits per heavy atom. The molecule has 1 amide bonds. The first kappa shape index (κ1) is 12.6. The van der Waals surface area contributed by atoms with Crippen molar-refractivity contribution in [3.8, 4) is 0 Å². The van der Waals surface area contributed by atoms with Gasteiger partial charge >= 0.3 is 0 Å². The summed E-state index contributed by atoms with van der Waals surface area (Å²) in [5.74, 6) is 1.21. The molecule has 1 aromatic rings. The van der Waals surface area contributed by atoms with Crippen molar-refractivity contribution >= 4 is 5.91 Å². The molecule has 0 radical (unpaired) electrons. The summed E-state index contributed by atoms with van der Waals surface area (Å²) in [5, 5.41) is 9.54. The van der Waals surface area contributed by atoms with Gasteiger partial charge in [0.05, 0.1) is 6.54 Å². The predicted molar refractivity (Wildman–Crippen MR) is 58.6 cm³/mol. The molecular weight excluding hydrogens is 208 g/mol. The Balaban J connectivity index is 2.10. The lowest BCUT2D eigenvalue weighted by Crippen LogP contribution is -2.32. The number of carbonyl (C=O) groups excluding carboxylic acids is 1. The van der Waals surface area contributed by atoms with E-state index in [4.69, 9.17) is 4.52 Å². The molecule has 1 heterocycles. The second-order valence-corrected chi connectivity index (χ2v) is 3.88. The van der Waals surface area contributed by atoms with Crippen molar-refractivity contribution in [3.63, 3.8) is 0 Å². The maximum atomic E-state index is 11.3. The molecule has 0 fully saturated rings. The molecule has 0 aliphatic heterocycles. The van der Waals surface area contributed by atoms with E-state index in [2.05, 4.69) is 20.8 Å². The fourth-order valence-corrected chi connectivity index (χ4v) is 1.20. The normalized spacial score (nSPS) is 10.8. The lowest BCUT2D eigenvalue weighted by molar-refractivity contribution is -0.121. The van der Waals surface area contributed by atoms with Crippen LogP contribution in [0.5, 0.6) is 0 Å². The second kappa shape index (κ2) is 6.22. The first-order valence-electron chi connectivity index (χ1n) is 5.37.